The van der Waals surface area contributed by atoms with Gasteiger partial charge in [-0.2, -0.15) is 5.10 Å². The van der Waals surface area contributed by atoms with E-state index in [4.69, 9.17) is 14.2 Å². The minimum absolute atomic E-state index is 0.132. The van der Waals surface area contributed by atoms with Gasteiger partial charge in [-0.15, -0.1) is 0 Å². The highest BCUT2D eigenvalue weighted by atomic mass is 16.7. The van der Waals surface area contributed by atoms with Crippen LogP contribution in [0.4, 0.5) is 5.69 Å². The zero-order chi connectivity index (χ0) is 26.2. The van der Waals surface area contributed by atoms with Crippen LogP contribution in [0.3, 0.4) is 0 Å². The lowest BCUT2D eigenvalue weighted by Crippen LogP contribution is -2.37. The van der Waals surface area contributed by atoms with Crippen LogP contribution in [0.25, 0.3) is 0 Å². The van der Waals surface area contributed by atoms with Gasteiger partial charge in [-0.25, -0.2) is 5.43 Å². The summed E-state index contributed by atoms with van der Waals surface area (Å²) in [5.74, 6) is -0.468. The van der Waals surface area contributed by atoms with Crippen LogP contribution >= 0.6 is 0 Å². The maximum atomic E-state index is 12.4. The van der Waals surface area contributed by atoms with Gasteiger partial charge in [0, 0.05) is 17.8 Å². The molecule has 1 aliphatic rings. The third-order valence-corrected chi connectivity index (χ3v) is 5.49. The van der Waals surface area contributed by atoms with Gasteiger partial charge in [-0.1, -0.05) is 36.4 Å². The highest BCUT2D eigenvalue weighted by molar-refractivity contribution is 6.35. The number of hydrazone groups is 1. The molecule has 3 aromatic rings. The fraction of sp³-hybridized carbons (Fsp3) is 0.185. The number of anilines is 1. The molecule has 1 heterocycles. The summed E-state index contributed by atoms with van der Waals surface area (Å²) >= 11 is 0. The average molecular weight is 503 g/mol. The third-order valence-electron chi connectivity index (χ3n) is 5.49. The molecule has 3 amide bonds. The fourth-order valence-electron chi connectivity index (χ4n) is 3.57. The van der Waals surface area contributed by atoms with Crippen LogP contribution in [0.5, 0.6) is 17.2 Å². The predicted molar refractivity (Wildman–Crippen MR) is 137 cm³/mol. The van der Waals surface area contributed by atoms with Crippen LogP contribution in [0, 0.1) is 13.8 Å². The zero-order valence-corrected chi connectivity index (χ0v) is 20.4. The molecule has 3 aromatic carbocycles. The minimum Gasteiger partial charge on any atom is -0.483 e. The number of nitrogens with zero attached hydrogens (tertiary/aromatic N) is 1. The molecule has 0 aromatic heterocycles. The van der Waals surface area contributed by atoms with Crippen molar-refractivity contribution in [2.75, 3.05) is 18.7 Å². The van der Waals surface area contributed by atoms with Crippen LogP contribution in [-0.4, -0.2) is 37.3 Å². The molecule has 0 fully saturated rings. The van der Waals surface area contributed by atoms with Crippen LogP contribution in [-0.2, 0) is 20.9 Å². The van der Waals surface area contributed by atoms with E-state index in [1.165, 1.54) is 6.21 Å². The van der Waals surface area contributed by atoms with E-state index in [0.29, 0.717) is 22.8 Å². The number of nitrogens with one attached hydrogen (secondary N) is 3. The van der Waals surface area contributed by atoms with Crippen molar-refractivity contribution >= 4 is 29.6 Å². The number of hydrogen-bond donors (Lipinski definition) is 3. The first-order valence-corrected chi connectivity index (χ1v) is 11.5. The Morgan fingerprint density at radius 2 is 1.70 bits per heavy atom. The lowest BCUT2D eigenvalue weighted by molar-refractivity contribution is -0.139. The molecule has 10 nitrogen and oxygen atoms in total. The first-order valence-electron chi connectivity index (χ1n) is 11.5. The number of fused-ring (bicyclic) bond motifs is 1. The maximum absolute atomic E-state index is 12.4. The zero-order valence-electron chi connectivity index (χ0n) is 20.4. The number of para-hydroxylation sites is 2. The Morgan fingerprint density at radius 3 is 2.51 bits per heavy atom. The van der Waals surface area contributed by atoms with Crippen LogP contribution < -0.4 is 30.3 Å². The number of benzene rings is 3. The first-order chi connectivity index (χ1) is 17.9. The topological polar surface area (TPSA) is 127 Å². The van der Waals surface area contributed by atoms with E-state index in [0.717, 1.165) is 22.4 Å². The van der Waals surface area contributed by atoms with E-state index in [1.807, 2.05) is 32.0 Å². The minimum atomic E-state index is -0.927. The van der Waals surface area contributed by atoms with Crippen LogP contribution in [0.15, 0.2) is 65.8 Å². The summed E-state index contributed by atoms with van der Waals surface area (Å²) in [7, 11) is 0. The van der Waals surface area contributed by atoms with Gasteiger partial charge in [0.2, 0.25) is 6.79 Å². The number of hydrogen-bond acceptors (Lipinski definition) is 7. The molecule has 1 aliphatic heterocycles. The van der Waals surface area contributed by atoms with Crippen molar-refractivity contribution < 1.29 is 28.6 Å². The average Bonchev–Trinajstić information content (AvgIpc) is 3.37. The highest BCUT2D eigenvalue weighted by Gasteiger charge is 2.16. The largest absolute Gasteiger partial charge is 0.483 e. The van der Waals surface area contributed by atoms with E-state index in [-0.39, 0.29) is 25.9 Å². The second-order valence-electron chi connectivity index (χ2n) is 8.21. The SMILES string of the molecule is Cc1cccc(C)c1NC(=O)COc1ccccc1/C=N\NC(=O)C(=O)NCc1ccc2c(c1)OCO2. The summed E-state index contributed by atoms with van der Waals surface area (Å²) < 4.78 is 16.2. The van der Waals surface area contributed by atoms with Gasteiger partial charge in [0.05, 0.1) is 6.21 Å². The summed E-state index contributed by atoms with van der Waals surface area (Å²) in [5, 5.41) is 9.22. The molecule has 10 heteroatoms. The normalized spacial score (nSPS) is 11.7. The monoisotopic (exact) mass is 502 g/mol. The lowest BCUT2D eigenvalue weighted by Gasteiger charge is -2.13. The van der Waals surface area contributed by atoms with Gasteiger partial charge >= 0.3 is 11.8 Å². The molecule has 0 aliphatic carbocycles. The van der Waals surface area contributed by atoms with E-state index in [1.54, 1.807) is 42.5 Å². The first kappa shape index (κ1) is 25.2. The summed E-state index contributed by atoms with van der Waals surface area (Å²) in [6, 6.07) is 17.9. The Hall–Kier alpha value is -4.86. The summed E-state index contributed by atoms with van der Waals surface area (Å²) in [4.78, 5) is 36.6. The van der Waals surface area contributed by atoms with Gasteiger partial charge in [0.25, 0.3) is 5.91 Å². The van der Waals surface area contributed by atoms with E-state index in [9.17, 15) is 14.4 Å². The van der Waals surface area contributed by atoms with Gasteiger partial charge in [0.15, 0.2) is 18.1 Å². The number of rotatable bonds is 8. The molecule has 190 valence electrons. The summed E-state index contributed by atoms with van der Waals surface area (Å²) in [5.41, 5.74) is 6.12. The van der Waals surface area contributed by atoms with Gasteiger partial charge in [-0.05, 0) is 54.8 Å². The Labute approximate surface area is 213 Å². The van der Waals surface area contributed by atoms with Crippen molar-refractivity contribution in [3.05, 3.63) is 82.9 Å². The molecule has 37 heavy (non-hydrogen) atoms. The molecule has 4 rings (SSSR count). The molecular weight excluding hydrogens is 476 g/mol. The van der Waals surface area contributed by atoms with Crippen molar-refractivity contribution in [3.63, 3.8) is 0 Å². The number of aryl methyl sites for hydroxylation is 2. The van der Waals surface area contributed by atoms with Crippen molar-refractivity contribution in [2.24, 2.45) is 5.10 Å². The number of carbonyl (C=O) groups excluding carboxylic acids is 3. The lowest BCUT2D eigenvalue weighted by atomic mass is 10.1. The number of ether oxygens (including phenoxy) is 3. The van der Waals surface area contributed by atoms with E-state index >= 15 is 0 Å². The molecule has 0 saturated heterocycles. The third kappa shape index (κ3) is 6.63. The Balaban J connectivity index is 1.27. The molecule has 3 N–H and O–H groups in total. The number of carbonyl (C=O) groups is 3. The van der Waals surface area contributed by atoms with E-state index in [2.05, 4.69) is 21.2 Å². The molecule has 0 bridgehead atoms. The second-order valence-corrected chi connectivity index (χ2v) is 8.21. The summed E-state index contributed by atoms with van der Waals surface area (Å²) in [6.45, 7) is 3.91. The van der Waals surface area contributed by atoms with Crippen LogP contribution in [0.2, 0.25) is 0 Å². The molecule has 0 radical (unpaired) electrons. The summed E-state index contributed by atoms with van der Waals surface area (Å²) in [6.07, 6.45) is 1.34. The van der Waals surface area contributed by atoms with Gasteiger partial charge < -0.3 is 24.8 Å². The van der Waals surface area contributed by atoms with Crippen molar-refractivity contribution in [1.29, 1.82) is 0 Å². The standard InChI is InChI=1S/C27H26N4O6/c1-17-6-5-7-18(2)25(17)30-24(32)15-35-21-9-4-3-8-20(21)14-29-31-27(34)26(33)28-13-19-10-11-22-23(12-19)37-16-36-22/h3-12,14H,13,15-16H2,1-2H3,(H,28,33)(H,30,32)(H,31,34)/b29-14-. The molecule has 0 unspecified atom stereocenters. The Kier molecular flexibility index (Phi) is 7.99. The van der Waals surface area contributed by atoms with Gasteiger partial charge in [0.1, 0.15) is 5.75 Å². The van der Waals surface area contributed by atoms with E-state index < -0.39 is 11.8 Å². The maximum Gasteiger partial charge on any atom is 0.329 e. The molecule has 0 atom stereocenters. The van der Waals surface area contributed by atoms with Crippen molar-refractivity contribution in [1.82, 2.24) is 10.7 Å². The highest BCUT2D eigenvalue weighted by Crippen LogP contribution is 2.32. The van der Waals surface area contributed by atoms with Crippen LogP contribution in [0.1, 0.15) is 22.3 Å². The molecular formula is C27H26N4O6. The molecule has 0 saturated carbocycles. The van der Waals surface area contributed by atoms with Crippen molar-refractivity contribution in [3.8, 4) is 17.2 Å². The van der Waals surface area contributed by atoms with Gasteiger partial charge in [-0.3, -0.25) is 14.4 Å². The Bertz CT molecular complexity index is 1330. The number of amides is 3. The second kappa shape index (κ2) is 11.7. The predicted octanol–water partition coefficient (Wildman–Crippen LogP) is 2.82. The Morgan fingerprint density at radius 1 is 0.946 bits per heavy atom. The smallest absolute Gasteiger partial charge is 0.329 e. The van der Waals surface area contributed by atoms with Crippen molar-refractivity contribution in [2.45, 2.75) is 20.4 Å². The fourth-order valence-corrected chi connectivity index (χ4v) is 3.57. The molecule has 0 spiro atoms. The quantitative estimate of drug-likeness (QED) is 0.247.